The van der Waals surface area contributed by atoms with Gasteiger partial charge in [-0.2, -0.15) is 23.8 Å². The summed E-state index contributed by atoms with van der Waals surface area (Å²) in [6.07, 6.45) is 2.57. The van der Waals surface area contributed by atoms with Crippen molar-refractivity contribution in [2.24, 2.45) is 0 Å². The van der Waals surface area contributed by atoms with E-state index in [1.807, 2.05) is 31.2 Å². The first-order valence-corrected chi connectivity index (χ1v) is 7.27. The van der Waals surface area contributed by atoms with Crippen molar-refractivity contribution in [1.29, 1.82) is 0 Å². The van der Waals surface area contributed by atoms with Crippen LogP contribution in [0.15, 0.2) is 24.3 Å². The minimum atomic E-state index is -4.20. The Morgan fingerprint density at radius 2 is 1.79 bits per heavy atom. The van der Waals surface area contributed by atoms with Crippen molar-refractivity contribution in [2.75, 3.05) is 6.61 Å². The SMILES string of the molecule is CCCCCOS(=O)(=O)O.c1ccc2n[nH]nc2c1. The van der Waals surface area contributed by atoms with Gasteiger partial charge in [0.15, 0.2) is 0 Å². The molecule has 8 heteroatoms. The standard InChI is InChI=1S/C6H5N3.C5H12O4S/c1-2-4-6-5(3-1)7-9-8-6;1-2-3-4-5-9-10(6,7)8/h1-4H,(H,7,8,9);2-5H2,1H3,(H,6,7,8). The van der Waals surface area contributed by atoms with Gasteiger partial charge in [0.05, 0.1) is 6.61 Å². The average Bonchev–Trinajstić information content (AvgIpc) is 2.82. The van der Waals surface area contributed by atoms with Crippen LogP contribution >= 0.6 is 0 Å². The Labute approximate surface area is 111 Å². The van der Waals surface area contributed by atoms with E-state index >= 15 is 0 Å². The summed E-state index contributed by atoms with van der Waals surface area (Å²) in [6.45, 7) is 2.07. The molecule has 2 rings (SSSR count). The molecule has 0 saturated carbocycles. The predicted molar refractivity (Wildman–Crippen MR) is 70.9 cm³/mol. The van der Waals surface area contributed by atoms with Gasteiger partial charge in [0.2, 0.25) is 0 Å². The van der Waals surface area contributed by atoms with Crippen molar-refractivity contribution in [1.82, 2.24) is 15.4 Å². The summed E-state index contributed by atoms with van der Waals surface area (Å²) < 4.78 is 32.0. The van der Waals surface area contributed by atoms with Gasteiger partial charge in [-0.3, -0.25) is 4.55 Å². The Morgan fingerprint density at radius 1 is 1.21 bits per heavy atom. The highest BCUT2D eigenvalue weighted by molar-refractivity contribution is 7.80. The van der Waals surface area contributed by atoms with E-state index in [9.17, 15) is 8.42 Å². The Bertz CT molecular complexity index is 552. The maximum absolute atomic E-state index is 9.93. The van der Waals surface area contributed by atoms with Crippen LogP contribution in [0.25, 0.3) is 11.0 Å². The molecule has 0 aliphatic rings. The summed E-state index contributed by atoms with van der Waals surface area (Å²) in [6, 6.07) is 7.70. The van der Waals surface area contributed by atoms with E-state index in [0.717, 1.165) is 23.9 Å². The summed E-state index contributed by atoms with van der Waals surface area (Å²) in [4.78, 5) is 0. The first-order chi connectivity index (χ1) is 9.03. The molecular formula is C11H17N3O4S. The second-order valence-corrected chi connectivity index (χ2v) is 4.86. The molecule has 0 spiro atoms. The number of fused-ring (bicyclic) bond motifs is 1. The topological polar surface area (TPSA) is 105 Å². The summed E-state index contributed by atoms with van der Waals surface area (Å²) in [7, 11) is -4.20. The monoisotopic (exact) mass is 287 g/mol. The van der Waals surface area contributed by atoms with Gasteiger partial charge in [0.1, 0.15) is 11.0 Å². The van der Waals surface area contributed by atoms with E-state index < -0.39 is 10.4 Å². The molecule has 0 fully saturated rings. The van der Waals surface area contributed by atoms with Gasteiger partial charge >= 0.3 is 10.4 Å². The van der Waals surface area contributed by atoms with Gasteiger partial charge in [0, 0.05) is 0 Å². The van der Waals surface area contributed by atoms with E-state index in [2.05, 4.69) is 19.6 Å². The quantitative estimate of drug-likeness (QED) is 0.643. The lowest BCUT2D eigenvalue weighted by Crippen LogP contribution is -2.04. The smallest absolute Gasteiger partial charge is 0.264 e. The van der Waals surface area contributed by atoms with Crippen LogP contribution in [-0.4, -0.2) is 35.0 Å². The predicted octanol–water partition coefficient (Wildman–Crippen LogP) is 1.95. The molecular weight excluding hydrogens is 270 g/mol. The Kier molecular flexibility index (Phi) is 6.40. The number of H-pyrrole nitrogens is 1. The normalized spacial score (nSPS) is 11.1. The maximum atomic E-state index is 9.93. The van der Waals surface area contributed by atoms with E-state index in [1.54, 1.807) is 0 Å². The van der Waals surface area contributed by atoms with Crippen LogP contribution in [0, 0.1) is 0 Å². The van der Waals surface area contributed by atoms with Crippen LogP contribution in [0.2, 0.25) is 0 Å². The van der Waals surface area contributed by atoms with Crippen molar-refractivity contribution in [2.45, 2.75) is 26.2 Å². The maximum Gasteiger partial charge on any atom is 0.397 e. The lowest BCUT2D eigenvalue weighted by Gasteiger charge is -1.96. The molecule has 19 heavy (non-hydrogen) atoms. The first kappa shape index (κ1) is 15.5. The Hall–Kier alpha value is -1.51. The van der Waals surface area contributed by atoms with Crippen LogP contribution in [0.4, 0.5) is 0 Å². The molecule has 0 aliphatic carbocycles. The lowest BCUT2D eigenvalue weighted by atomic mass is 10.3. The van der Waals surface area contributed by atoms with Crippen molar-refractivity contribution in [3.8, 4) is 0 Å². The lowest BCUT2D eigenvalue weighted by molar-refractivity contribution is 0.262. The number of nitrogens with zero attached hydrogens (tertiary/aromatic N) is 2. The fourth-order valence-electron chi connectivity index (χ4n) is 1.30. The number of unbranched alkanes of at least 4 members (excludes halogenated alkanes) is 2. The fourth-order valence-corrected chi connectivity index (χ4v) is 1.63. The van der Waals surface area contributed by atoms with Crippen LogP contribution in [-0.2, 0) is 14.6 Å². The number of aromatic nitrogens is 3. The van der Waals surface area contributed by atoms with Crippen molar-refractivity contribution in [3.63, 3.8) is 0 Å². The molecule has 0 radical (unpaired) electrons. The van der Waals surface area contributed by atoms with Gasteiger partial charge in [-0.1, -0.05) is 31.9 Å². The summed E-state index contributed by atoms with van der Waals surface area (Å²) in [5.74, 6) is 0. The highest BCUT2D eigenvalue weighted by atomic mass is 32.3. The minimum absolute atomic E-state index is 0.0761. The van der Waals surface area contributed by atoms with Crippen LogP contribution < -0.4 is 0 Å². The van der Waals surface area contributed by atoms with Crippen molar-refractivity contribution >= 4 is 21.4 Å². The molecule has 0 unspecified atom stereocenters. The number of para-hydroxylation sites is 2. The number of hydrogen-bond donors (Lipinski definition) is 2. The van der Waals surface area contributed by atoms with Crippen LogP contribution in [0.3, 0.4) is 0 Å². The zero-order valence-electron chi connectivity index (χ0n) is 10.6. The molecule has 0 saturated heterocycles. The average molecular weight is 287 g/mol. The molecule has 0 atom stereocenters. The zero-order chi connectivity index (χ0) is 14.1. The Balaban J connectivity index is 0.000000190. The summed E-state index contributed by atoms with van der Waals surface area (Å²) >= 11 is 0. The third kappa shape index (κ3) is 6.85. The molecule has 2 aromatic rings. The van der Waals surface area contributed by atoms with Crippen LogP contribution in [0.1, 0.15) is 26.2 Å². The van der Waals surface area contributed by atoms with Gasteiger partial charge in [0.25, 0.3) is 0 Å². The fraction of sp³-hybridized carbons (Fsp3) is 0.455. The number of benzene rings is 1. The largest absolute Gasteiger partial charge is 0.397 e. The van der Waals surface area contributed by atoms with Crippen molar-refractivity contribution < 1.29 is 17.2 Å². The third-order valence-electron chi connectivity index (χ3n) is 2.20. The minimum Gasteiger partial charge on any atom is -0.264 e. The zero-order valence-corrected chi connectivity index (χ0v) is 11.4. The number of rotatable bonds is 5. The Morgan fingerprint density at radius 3 is 2.26 bits per heavy atom. The molecule has 0 amide bonds. The third-order valence-corrected chi connectivity index (χ3v) is 2.67. The second kappa shape index (κ2) is 7.82. The van der Waals surface area contributed by atoms with E-state index in [-0.39, 0.29) is 6.61 Å². The van der Waals surface area contributed by atoms with E-state index in [0.29, 0.717) is 6.42 Å². The number of hydrogen-bond acceptors (Lipinski definition) is 5. The summed E-state index contributed by atoms with van der Waals surface area (Å²) in [5.41, 5.74) is 1.83. The van der Waals surface area contributed by atoms with Gasteiger partial charge < -0.3 is 0 Å². The van der Waals surface area contributed by atoms with Gasteiger partial charge in [-0.25, -0.2) is 4.18 Å². The van der Waals surface area contributed by atoms with E-state index in [1.165, 1.54) is 0 Å². The van der Waals surface area contributed by atoms with Gasteiger partial charge in [-0.05, 0) is 18.6 Å². The highest BCUT2D eigenvalue weighted by Crippen LogP contribution is 2.03. The molecule has 1 aromatic heterocycles. The number of nitrogens with one attached hydrogen (secondary N) is 1. The second-order valence-electron chi connectivity index (χ2n) is 3.77. The van der Waals surface area contributed by atoms with Crippen LogP contribution in [0.5, 0.6) is 0 Å². The molecule has 0 bridgehead atoms. The van der Waals surface area contributed by atoms with E-state index in [4.69, 9.17) is 4.55 Å². The molecule has 2 N–H and O–H groups in total. The molecule has 1 heterocycles. The van der Waals surface area contributed by atoms with Crippen molar-refractivity contribution in [3.05, 3.63) is 24.3 Å². The molecule has 0 aliphatic heterocycles. The summed E-state index contributed by atoms with van der Waals surface area (Å²) in [5, 5.41) is 10.3. The molecule has 7 nitrogen and oxygen atoms in total. The molecule has 106 valence electrons. The van der Waals surface area contributed by atoms with Gasteiger partial charge in [-0.15, -0.1) is 0 Å². The first-order valence-electron chi connectivity index (χ1n) is 5.90. The highest BCUT2D eigenvalue weighted by Gasteiger charge is 2.01. The molecule has 1 aromatic carbocycles. The number of aromatic amines is 1.